The van der Waals surface area contributed by atoms with E-state index in [1.165, 1.54) is 5.56 Å². The van der Waals surface area contributed by atoms with Gasteiger partial charge in [0.15, 0.2) is 0 Å². The molecule has 3 heterocycles. The third kappa shape index (κ3) is 3.79. The number of benzene rings is 1. The van der Waals surface area contributed by atoms with E-state index in [1.54, 1.807) is 17.3 Å². The summed E-state index contributed by atoms with van der Waals surface area (Å²) in [4.78, 5) is 37.7. The van der Waals surface area contributed by atoms with E-state index in [9.17, 15) is 14.7 Å². The maximum Gasteiger partial charge on any atom is 0.410 e. The molecular weight excluding hydrogens is 432 g/mol. The number of carboxylic acids is 1. The predicted molar refractivity (Wildman–Crippen MR) is 128 cm³/mol. The Labute approximate surface area is 199 Å². The van der Waals surface area contributed by atoms with E-state index in [2.05, 4.69) is 16.8 Å². The van der Waals surface area contributed by atoms with Crippen molar-refractivity contribution in [2.24, 2.45) is 0 Å². The molecular formula is C26H32N4O4. The van der Waals surface area contributed by atoms with E-state index in [-0.39, 0.29) is 17.1 Å². The van der Waals surface area contributed by atoms with Crippen molar-refractivity contribution in [3.63, 3.8) is 0 Å². The molecule has 1 saturated heterocycles. The lowest BCUT2D eigenvalue weighted by atomic mass is 9.74. The molecule has 8 heteroatoms. The number of aromatic nitrogens is 2. The number of carboxylic acid groups (broad SMARTS) is 1. The monoisotopic (exact) mass is 464 g/mol. The van der Waals surface area contributed by atoms with E-state index in [0.717, 1.165) is 48.4 Å². The number of ether oxygens (including phenoxy) is 1. The number of aromatic carboxylic acids is 1. The molecule has 1 aliphatic carbocycles. The molecule has 3 aliphatic rings. The standard InChI is InChI=1S/C26H32N4O4/c1-16-5-7-19-21(16)22(28-15-27-19)30-14-26(18-13-17(23(31)32)6-8-20(18)30)9-11-29(12-10-26)24(33)34-25(2,3)4/h6,8,13,15-16H,5,7,9-12,14H2,1-4H3,(H,31,32)/t16-/m1/s1. The van der Waals surface area contributed by atoms with Crippen LogP contribution in [-0.4, -0.2) is 57.3 Å². The Morgan fingerprint density at radius 1 is 1.18 bits per heavy atom. The first kappa shape index (κ1) is 22.6. The molecule has 180 valence electrons. The molecule has 0 saturated carbocycles. The van der Waals surface area contributed by atoms with Crippen molar-refractivity contribution < 1.29 is 19.4 Å². The zero-order chi connectivity index (χ0) is 24.3. The van der Waals surface area contributed by atoms with Gasteiger partial charge in [-0.1, -0.05) is 6.92 Å². The first-order chi connectivity index (χ1) is 16.1. The third-order valence-corrected chi connectivity index (χ3v) is 7.45. The normalized spacial score (nSPS) is 20.9. The average Bonchev–Trinajstić information content (AvgIpc) is 3.31. The minimum absolute atomic E-state index is 0.251. The molecule has 5 rings (SSSR count). The SMILES string of the molecule is C[C@@H]1CCc2ncnc(N3CC4(CCN(C(=O)OC(C)(C)C)CC4)c4cc(C(=O)O)ccc43)c21. The van der Waals surface area contributed by atoms with Crippen molar-refractivity contribution in [2.45, 2.75) is 70.3 Å². The molecule has 1 amide bonds. The number of piperidine rings is 1. The highest BCUT2D eigenvalue weighted by Gasteiger charge is 2.47. The zero-order valence-corrected chi connectivity index (χ0v) is 20.3. The van der Waals surface area contributed by atoms with Crippen LogP contribution in [0.25, 0.3) is 0 Å². The molecule has 1 spiro atoms. The molecule has 0 radical (unpaired) electrons. The second kappa shape index (κ2) is 7.96. The lowest BCUT2D eigenvalue weighted by Gasteiger charge is -2.40. The number of carbonyl (C=O) groups excluding carboxylic acids is 1. The number of carbonyl (C=O) groups is 2. The summed E-state index contributed by atoms with van der Waals surface area (Å²) in [6.45, 7) is 9.68. The Morgan fingerprint density at radius 2 is 1.91 bits per heavy atom. The van der Waals surface area contributed by atoms with Crippen molar-refractivity contribution in [1.82, 2.24) is 14.9 Å². The van der Waals surface area contributed by atoms with Gasteiger partial charge in [0.2, 0.25) is 0 Å². The van der Waals surface area contributed by atoms with Gasteiger partial charge in [-0.2, -0.15) is 0 Å². The fourth-order valence-electron chi connectivity index (χ4n) is 5.70. The van der Waals surface area contributed by atoms with Crippen LogP contribution >= 0.6 is 0 Å². The van der Waals surface area contributed by atoms with Crippen molar-refractivity contribution in [1.29, 1.82) is 0 Å². The van der Waals surface area contributed by atoms with Crippen molar-refractivity contribution in [3.8, 4) is 0 Å². The van der Waals surface area contributed by atoms with Crippen LogP contribution in [0.2, 0.25) is 0 Å². The largest absolute Gasteiger partial charge is 0.478 e. The highest BCUT2D eigenvalue weighted by Crippen LogP contribution is 2.51. The van der Waals surface area contributed by atoms with Crippen molar-refractivity contribution in [2.75, 3.05) is 24.5 Å². The molecule has 1 aromatic heterocycles. The molecule has 2 aromatic rings. The van der Waals surface area contributed by atoms with Gasteiger partial charge in [0, 0.05) is 42.0 Å². The minimum atomic E-state index is -0.931. The maximum absolute atomic E-state index is 12.7. The fourth-order valence-corrected chi connectivity index (χ4v) is 5.70. The van der Waals surface area contributed by atoms with E-state index in [0.29, 0.717) is 25.6 Å². The molecule has 1 aromatic carbocycles. The number of aryl methyl sites for hydroxylation is 1. The summed E-state index contributed by atoms with van der Waals surface area (Å²) >= 11 is 0. The van der Waals surface area contributed by atoms with Gasteiger partial charge in [0.1, 0.15) is 17.7 Å². The van der Waals surface area contributed by atoms with Gasteiger partial charge >= 0.3 is 12.1 Å². The van der Waals surface area contributed by atoms with Crippen LogP contribution in [0.4, 0.5) is 16.3 Å². The maximum atomic E-state index is 12.7. The Kier molecular flexibility index (Phi) is 5.30. The van der Waals surface area contributed by atoms with Gasteiger partial charge < -0.3 is 19.6 Å². The first-order valence-corrected chi connectivity index (χ1v) is 12.0. The van der Waals surface area contributed by atoms with Crippen LogP contribution < -0.4 is 4.90 Å². The molecule has 0 unspecified atom stereocenters. The second-order valence-corrected chi connectivity index (χ2v) is 10.9. The smallest absolute Gasteiger partial charge is 0.410 e. The van der Waals surface area contributed by atoms with Crippen LogP contribution in [0.5, 0.6) is 0 Å². The number of hydrogen-bond donors (Lipinski definition) is 1. The quantitative estimate of drug-likeness (QED) is 0.691. The highest BCUT2D eigenvalue weighted by molar-refractivity contribution is 5.90. The van der Waals surface area contributed by atoms with Crippen LogP contribution in [0, 0.1) is 0 Å². The molecule has 1 N–H and O–H groups in total. The third-order valence-electron chi connectivity index (χ3n) is 7.45. The highest BCUT2D eigenvalue weighted by atomic mass is 16.6. The number of fused-ring (bicyclic) bond motifs is 3. The summed E-state index contributed by atoms with van der Waals surface area (Å²) in [6.07, 6.45) is 4.85. The Morgan fingerprint density at radius 3 is 2.59 bits per heavy atom. The van der Waals surface area contributed by atoms with Gasteiger partial charge in [0.05, 0.1) is 5.56 Å². The topological polar surface area (TPSA) is 95.9 Å². The molecule has 2 aliphatic heterocycles. The summed E-state index contributed by atoms with van der Waals surface area (Å²) in [5.41, 5.74) is 3.87. The summed E-state index contributed by atoms with van der Waals surface area (Å²) in [5.74, 6) is 0.392. The second-order valence-electron chi connectivity index (χ2n) is 10.9. The summed E-state index contributed by atoms with van der Waals surface area (Å²) < 4.78 is 5.58. The number of nitrogens with zero attached hydrogens (tertiary/aromatic N) is 4. The van der Waals surface area contributed by atoms with E-state index in [4.69, 9.17) is 9.72 Å². The predicted octanol–water partition coefficient (Wildman–Crippen LogP) is 4.64. The van der Waals surface area contributed by atoms with Gasteiger partial charge in [0.25, 0.3) is 0 Å². The van der Waals surface area contributed by atoms with Crippen molar-refractivity contribution in [3.05, 3.63) is 46.9 Å². The molecule has 34 heavy (non-hydrogen) atoms. The summed E-state index contributed by atoms with van der Waals surface area (Å²) in [7, 11) is 0. The Hall–Kier alpha value is -3.16. The van der Waals surface area contributed by atoms with Crippen molar-refractivity contribution >= 4 is 23.6 Å². The average molecular weight is 465 g/mol. The lowest BCUT2D eigenvalue weighted by Crippen LogP contribution is -2.48. The van der Waals surface area contributed by atoms with Crippen LogP contribution in [0.3, 0.4) is 0 Å². The number of anilines is 2. The number of hydrogen-bond acceptors (Lipinski definition) is 6. The Balaban J connectivity index is 1.50. The summed E-state index contributed by atoms with van der Waals surface area (Å²) in [6, 6.07) is 5.42. The van der Waals surface area contributed by atoms with E-state index in [1.807, 2.05) is 32.9 Å². The molecule has 1 atom stereocenters. The van der Waals surface area contributed by atoms with Gasteiger partial charge in [-0.3, -0.25) is 0 Å². The Bertz CT molecular complexity index is 1150. The molecule has 1 fully saturated rings. The van der Waals surface area contributed by atoms with Crippen LogP contribution in [0.15, 0.2) is 24.5 Å². The summed E-state index contributed by atoms with van der Waals surface area (Å²) in [5, 5.41) is 9.67. The van der Waals surface area contributed by atoms with Gasteiger partial charge in [-0.05, 0) is 76.1 Å². The number of rotatable bonds is 2. The van der Waals surface area contributed by atoms with Crippen LogP contribution in [0.1, 0.15) is 80.1 Å². The van der Waals surface area contributed by atoms with E-state index < -0.39 is 11.6 Å². The number of likely N-dealkylation sites (tertiary alicyclic amines) is 1. The fraction of sp³-hybridized carbons (Fsp3) is 0.538. The molecule has 0 bridgehead atoms. The zero-order valence-electron chi connectivity index (χ0n) is 20.3. The lowest BCUT2D eigenvalue weighted by molar-refractivity contribution is 0.0171. The minimum Gasteiger partial charge on any atom is -0.478 e. The van der Waals surface area contributed by atoms with Gasteiger partial charge in [-0.15, -0.1) is 0 Å². The first-order valence-electron chi connectivity index (χ1n) is 12.0. The number of amides is 1. The van der Waals surface area contributed by atoms with E-state index >= 15 is 0 Å². The molecule has 8 nitrogen and oxygen atoms in total. The van der Waals surface area contributed by atoms with Gasteiger partial charge in [-0.25, -0.2) is 19.6 Å². The van der Waals surface area contributed by atoms with Crippen LogP contribution in [-0.2, 0) is 16.6 Å².